The van der Waals surface area contributed by atoms with E-state index in [-0.39, 0.29) is 28.6 Å². The summed E-state index contributed by atoms with van der Waals surface area (Å²) in [5.74, 6) is -0.331. The molecule has 2 atom stereocenters. The topological polar surface area (TPSA) is 105 Å². The van der Waals surface area contributed by atoms with Crippen molar-refractivity contribution in [3.63, 3.8) is 0 Å². The number of hydrogen-bond donors (Lipinski definition) is 3. The molecule has 154 valence electrons. The third-order valence-electron chi connectivity index (χ3n) is 4.85. The lowest BCUT2D eigenvalue weighted by Gasteiger charge is -2.31. The lowest BCUT2D eigenvalue weighted by Crippen LogP contribution is -2.36. The van der Waals surface area contributed by atoms with E-state index in [0.29, 0.717) is 23.3 Å². The van der Waals surface area contributed by atoms with Crippen LogP contribution in [0.1, 0.15) is 41.4 Å². The molecular weight excluding hydrogens is 376 g/mol. The largest absolute Gasteiger partial charge is 0.507 e. The summed E-state index contributed by atoms with van der Waals surface area (Å²) in [4.78, 5) is 12.9. The molecule has 2 aromatic carbocycles. The Morgan fingerprint density at radius 3 is 2.41 bits per heavy atom. The number of aliphatic hydroxyl groups excluding tert-OH is 1. The van der Waals surface area contributed by atoms with Crippen LogP contribution in [0.5, 0.6) is 28.7 Å². The van der Waals surface area contributed by atoms with Crippen molar-refractivity contribution < 1.29 is 34.3 Å². The number of allylic oxidation sites excluding steroid dienone is 2. The molecule has 1 heterocycles. The fourth-order valence-corrected chi connectivity index (χ4v) is 3.30. The van der Waals surface area contributed by atoms with E-state index in [4.69, 9.17) is 14.2 Å². The molecule has 3 N–H and O–H groups in total. The minimum Gasteiger partial charge on any atom is -0.507 e. The second-order valence-corrected chi connectivity index (χ2v) is 7.04. The highest BCUT2D eigenvalue weighted by Crippen LogP contribution is 2.45. The Bertz CT molecular complexity index is 974. The van der Waals surface area contributed by atoms with E-state index in [1.807, 2.05) is 19.9 Å². The Hall–Kier alpha value is -3.19. The Kier molecular flexibility index (Phi) is 5.70. The number of phenols is 2. The zero-order valence-electron chi connectivity index (χ0n) is 16.7. The molecule has 0 amide bonds. The zero-order valence-corrected chi connectivity index (χ0v) is 16.7. The number of ketones is 1. The first-order chi connectivity index (χ1) is 13.8. The number of phenolic OH excluding ortho intramolecular Hbond substituents is 2. The van der Waals surface area contributed by atoms with Crippen molar-refractivity contribution in [2.75, 3.05) is 14.2 Å². The van der Waals surface area contributed by atoms with Crippen LogP contribution in [-0.2, 0) is 6.42 Å². The van der Waals surface area contributed by atoms with Gasteiger partial charge in [-0.2, -0.15) is 0 Å². The molecule has 0 radical (unpaired) electrons. The third-order valence-corrected chi connectivity index (χ3v) is 4.85. The highest BCUT2D eigenvalue weighted by molar-refractivity contribution is 6.06. The number of hydrogen-bond acceptors (Lipinski definition) is 7. The van der Waals surface area contributed by atoms with Crippen LogP contribution in [0, 0.1) is 0 Å². The van der Waals surface area contributed by atoms with Crippen LogP contribution in [0.2, 0.25) is 0 Å². The van der Waals surface area contributed by atoms with E-state index in [0.717, 1.165) is 5.57 Å². The van der Waals surface area contributed by atoms with Crippen molar-refractivity contribution >= 4 is 5.78 Å². The second kappa shape index (κ2) is 8.05. The number of benzene rings is 2. The van der Waals surface area contributed by atoms with Gasteiger partial charge in [-0.3, -0.25) is 4.79 Å². The van der Waals surface area contributed by atoms with Gasteiger partial charge in [0, 0.05) is 11.6 Å². The van der Waals surface area contributed by atoms with Crippen LogP contribution in [-0.4, -0.2) is 41.4 Å². The molecule has 2 unspecified atom stereocenters. The second-order valence-electron chi connectivity index (χ2n) is 7.04. The van der Waals surface area contributed by atoms with Gasteiger partial charge in [0.25, 0.3) is 0 Å². The van der Waals surface area contributed by atoms with Crippen molar-refractivity contribution in [3.05, 3.63) is 52.6 Å². The SMILES string of the molecule is COc1ccc(C2Oc3cc(OC)c(CC=C(C)C)c(O)c3C(=O)C2O)cc1O. The quantitative estimate of drug-likeness (QED) is 0.661. The van der Waals surface area contributed by atoms with E-state index >= 15 is 0 Å². The molecule has 3 rings (SSSR count). The highest BCUT2D eigenvalue weighted by atomic mass is 16.5. The van der Waals surface area contributed by atoms with Crippen LogP contribution in [0.3, 0.4) is 0 Å². The van der Waals surface area contributed by atoms with Crippen molar-refractivity contribution in [2.24, 2.45) is 0 Å². The first-order valence-electron chi connectivity index (χ1n) is 9.10. The number of methoxy groups -OCH3 is 2. The maximum Gasteiger partial charge on any atom is 0.202 e. The van der Waals surface area contributed by atoms with E-state index < -0.39 is 18.0 Å². The molecule has 7 heteroatoms. The summed E-state index contributed by atoms with van der Waals surface area (Å²) in [5, 5.41) is 31.3. The predicted molar refractivity (Wildman–Crippen MR) is 106 cm³/mol. The number of Topliss-reactive ketones (excluding diaryl/α,β-unsaturated/α-hetero) is 1. The number of carbonyl (C=O) groups is 1. The van der Waals surface area contributed by atoms with Gasteiger partial charge >= 0.3 is 0 Å². The van der Waals surface area contributed by atoms with Gasteiger partial charge < -0.3 is 29.5 Å². The van der Waals surface area contributed by atoms with Crippen molar-refractivity contribution in [3.8, 4) is 28.7 Å². The molecule has 0 aliphatic carbocycles. The number of aromatic hydroxyl groups is 2. The molecule has 0 saturated heterocycles. The minimum atomic E-state index is -1.55. The molecule has 0 aromatic heterocycles. The van der Waals surface area contributed by atoms with Gasteiger partial charge in [0.15, 0.2) is 23.7 Å². The van der Waals surface area contributed by atoms with Crippen LogP contribution >= 0.6 is 0 Å². The average molecular weight is 400 g/mol. The van der Waals surface area contributed by atoms with Crippen molar-refractivity contribution in [1.29, 1.82) is 0 Å². The Balaban J connectivity index is 2.07. The summed E-state index contributed by atoms with van der Waals surface area (Å²) < 4.78 is 16.2. The summed E-state index contributed by atoms with van der Waals surface area (Å²) in [5.41, 5.74) is 1.80. The fraction of sp³-hybridized carbons (Fsp3) is 0.318. The molecule has 0 spiro atoms. The monoisotopic (exact) mass is 400 g/mol. The summed E-state index contributed by atoms with van der Waals surface area (Å²) in [6.45, 7) is 3.85. The van der Waals surface area contributed by atoms with Crippen LogP contribution in [0.4, 0.5) is 0 Å². The maximum absolute atomic E-state index is 12.9. The van der Waals surface area contributed by atoms with Crippen molar-refractivity contribution in [1.82, 2.24) is 0 Å². The number of aliphatic hydroxyl groups is 1. The van der Waals surface area contributed by atoms with E-state index in [1.165, 1.54) is 32.4 Å². The van der Waals surface area contributed by atoms with Gasteiger partial charge in [-0.15, -0.1) is 0 Å². The Morgan fingerprint density at radius 2 is 1.83 bits per heavy atom. The van der Waals surface area contributed by atoms with Crippen LogP contribution in [0.25, 0.3) is 0 Å². The molecule has 0 fully saturated rings. The molecule has 0 saturated carbocycles. The smallest absolute Gasteiger partial charge is 0.202 e. The minimum absolute atomic E-state index is 0.0792. The summed E-state index contributed by atoms with van der Waals surface area (Å²) in [6, 6.07) is 6.00. The molecular formula is C22H24O7. The Labute approximate surface area is 168 Å². The molecule has 1 aliphatic heterocycles. The lowest BCUT2D eigenvalue weighted by molar-refractivity contribution is 0.0209. The highest BCUT2D eigenvalue weighted by Gasteiger charge is 2.40. The molecule has 29 heavy (non-hydrogen) atoms. The van der Waals surface area contributed by atoms with Gasteiger partial charge in [-0.05, 0) is 38.0 Å². The number of fused-ring (bicyclic) bond motifs is 1. The number of ether oxygens (including phenoxy) is 3. The third kappa shape index (κ3) is 3.73. The van der Waals surface area contributed by atoms with Crippen LogP contribution < -0.4 is 14.2 Å². The first-order valence-corrected chi connectivity index (χ1v) is 9.10. The van der Waals surface area contributed by atoms with Gasteiger partial charge in [0.05, 0.1) is 14.2 Å². The van der Waals surface area contributed by atoms with Gasteiger partial charge in [-0.25, -0.2) is 0 Å². The predicted octanol–water partition coefficient (Wildman–Crippen LogP) is 3.30. The summed E-state index contributed by atoms with van der Waals surface area (Å²) in [7, 11) is 2.88. The zero-order chi connectivity index (χ0) is 21.3. The summed E-state index contributed by atoms with van der Waals surface area (Å²) >= 11 is 0. The Morgan fingerprint density at radius 1 is 1.14 bits per heavy atom. The average Bonchev–Trinajstić information content (AvgIpc) is 2.69. The molecule has 1 aliphatic rings. The standard InChI is InChI=1S/C22H24O7/c1-11(2)5-7-13-16(28-4)10-17-18(19(13)24)20(25)21(26)22(29-17)12-6-8-15(27-3)14(23)9-12/h5-6,8-10,21-24,26H,7H2,1-4H3. The number of rotatable bonds is 5. The first kappa shape index (κ1) is 20.5. The maximum atomic E-state index is 12.9. The normalized spacial score (nSPS) is 17.9. The lowest BCUT2D eigenvalue weighted by atomic mass is 9.90. The fourth-order valence-electron chi connectivity index (χ4n) is 3.30. The molecule has 0 bridgehead atoms. The molecule has 7 nitrogen and oxygen atoms in total. The van der Waals surface area contributed by atoms with Crippen LogP contribution in [0.15, 0.2) is 35.9 Å². The van der Waals surface area contributed by atoms with E-state index in [1.54, 1.807) is 6.07 Å². The van der Waals surface area contributed by atoms with Gasteiger partial charge in [0.2, 0.25) is 5.78 Å². The van der Waals surface area contributed by atoms with Gasteiger partial charge in [0.1, 0.15) is 22.8 Å². The van der Waals surface area contributed by atoms with E-state index in [9.17, 15) is 20.1 Å². The van der Waals surface area contributed by atoms with Crippen molar-refractivity contribution in [2.45, 2.75) is 32.5 Å². The summed E-state index contributed by atoms with van der Waals surface area (Å²) in [6.07, 6.45) is -0.341. The molecule has 2 aromatic rings. The van der Waals surface area contributed by atoms with E-state index in [2.05, 4.69) is 0 Å². The van der Waals surface area contributed by atoms with Gasteiger partial charge in [-0.1, -0.05) is 17.7 Å². The number of carbonyl (C=O) groups excluding carboxylic acids is 1.